The largest absolute Gasteiger partial charge is 0.456 e. The van der Waals surface area contributed by atoms with Gasteiger partial charge in [-0.25, -0.2) is 0 Å². The summed E-state index contributed by atoms with van der Waals surface area (Å²) in [6.07, 6.45) is 0. The molecule has 0 saturated carbocycles. The van der Waals surface area contributed by atoms with Crippen molar-refractivity contribution in [1.29, 1.82) is 0 Å². The second kappa shape index (κ2) is 10.6. The molecule has 0 aliphatic carbocycles. The molecule has 0 amide bonds. The fraction of sp³-hybridized carbons (Fsp3) is 0.0196. The Bertz CT molecular complexity index is 3580. The van der Waals surface area contributed by atoms with E-state index in [1.807, 2.05) is 17.4 Å². The van der Waals surface area contributed by atoms with E-state index in [0.29, 0.717) is 0 Å². The van der Waals surface area contributed by atoms with Crippen molar-refractivity contribution in [1.82, 2.24) is 4.57 Å². The number of hydrogen-bond donors (Lipinski definition) is 0. The van der Waals surface area contributed by atoms with Crippen LogP contribution < -0.4 is 25.5 Å². The average Bonchev–Trinajstić information content (AvgIpc) is 3.93. The molecule has 6 heterocycles. The van der Waals surface area contributed by atoms with Gasteiger partial charge in [-0.1, -0.05) is 97.1 Å². The zero-order valence-corrected chi connectivity index (χ0v) is 31.6. The Morgan fingerprint density at radius 2 is 1.26 bits per heavy atom. The van der Waals surface area contributed by atoms with E-state index in [1.165, 1.54) is 98.4 Å². The van der Waals surface area contributed by atoms with Crippen molar-refractivity contribution in [3.05, 3.63) is 169 Å². The van der Waals surface area contributed by atoms with Crippen molar-refractivity contribution in [2.45, 2.75) is 6.92 Å². The van der Waals surface area contributed by atoms with Crippen LogP contribution in [0.5, 0.6) is 0 Å². The molecule has 3 aromatic heterocycles. The number of thiophene rings is 1. The number of rotatable bonds is 2. The van der Waals surface area contributed by atoms with Gasteiger partial charge in [0.1, 0.15) is 11.2 Å². The van der Waals surface area contributed by atoms with E-state index in [0.717, 1.165) is 27.6 Å². The maximum Gasteiger partial charge on any atom is 0.264 e. The third-order valence-electron chi connectivity index (χ3n) is 12.7. The van der Waals surface area contributed by atoms with Crippen molar-refractivity contribution >= 4 is 122 Å². The van der Waals surface area contributed by atoms with Crippen LogP contribution in [0.1, 0.15) is 5.56 Å². The number of benzene rings is 8. The summed E-state index contributed by atoms with van der Waals surface area (Å²) in [5.74, 6) is 0. The Morgan fingerprint density at radius 1 is 0.509 bits per heavy atom. The van der Waals surface area contributed by atoms with Crippen LogP contribution in [0, 0.1) is 6.92 Å². The lowest BCUT2D eigenvalue weighted by Crippen LogP contribution is -2.61. The van der Waals surface area contributed by atoms with E-state index in [9.17, 15) is 0 Å². The first-order chi connectivity index (χ1) is 28.2. The molecule has 4 nitrogen and oxygen atoms in total. The molecule has 0 fully saturated rings. The minimum atomic E-state index is 0.0479. The summed E-state index contributed by atoms with van der Waals surface area (Å²) in [5, 5.41) is 6.11. The predicted octanol–water partition coefficient (Wildman–Crippen LogP) is 12.3. The van der Waals surface area contributed by atoms with Crippen LogP contribution in [0.2, 0.25) is 0 Å². The quantitative estimate of drug-likeness (QED) is 0.165. The van der Waals surface area contributed by atoms with Crippen molar-refractivity contribution in [2.24, 2.45) is 0 Å². The fourth-order valence-electron chi connectivity index (χ4n) is 10.4. The van der Waals surface area contributed by atoms with Gasteiger partial charge < -0.3 is 18.8 Å². The standard InChI is InChI=1S/C51H30BN3OS/c1-29-25-42-47-43(26-29)55-40-18-9-15-35-33-13-5-7-17-39(33)54(48(35)40)41-19-10-16-38(50(41)55)52(47)51-49(37-27-31(21-24-46(37)57-51)30-11-3-2-4-12-30)53(42)32-22-23-45-36(28-32)34-14-6-8-20-44(34)56-45/h2-28H,1H3. The molecule has 3 aliphatic rings. The second-order valence-electron chi connectivity index (χ2n) is 15.7. The van der Waals surface area contributed by atoms with Gasteiger partial charge in [0.25, 0.3) is 6.71 Å². The smallest absolute Gasteiger partial charge is 0.264 e. The second-order valence-corrected chi connectivity index (χ2v) is 16.8. The van der Waals surface area contributed by atoms with Gasteiger partial charge in [0.2, 0.25) is 0 Å². The Kier molecular flexibility index (Phi) is 5.64. The van der Waals surface area contributed by atoms with Crippen LogP contribution in [-0.4, -0.2) is 11.3 Å². The zero-order chi connectivity index (χ0) is 37.1. The van der Waals surface area contributed by atoms with Gasteiger partial charge in [-0.15, -0.1) is 11.3 Å². The number of para-hydroxylation sites is 4. The first-order valence-corrected chi connectivity index (χ1v) is 20.4. The summed E-state index contributed by atoms with van der Waals surface area (Å²) < 4.78 is 11.6. The molecule has 8 aromatic carbocycles. The normalized spacial score (nSPS) is 13.6. The van der Waals surface area contributed by atoms with Crippen LogP contribution in [0.4, 0.5) is 34.1 Å². The minimum absolute atomic E-state index is 0.0479. The van der Waals surface area contributed by atoms with E-state index >= 15 is 0 Å². The fourth-order valence-corrected chi connectivity index (χ4v) is 11.7. The van der Waals surface area contributed by atoms with Gasteiger partial charge in [-0.05, 0) is 101 Å². The molecule has 0 saturated heterocycles. The predicted molar refractivity (Wildman–Crippen MR) is 241 cm³/mol. The monoisotopic (exact) mass is 743 g/mol. The van der Waals surface area contributed by atoms with Crippen molar-refractivity contribution < 1.29 is 4.42 Å². The number of aryl methyl sites for hydroxylation is 1. The van der Waals surface area contributed by atoms with E-state index in [1.54, 1.807) is 0 Å². The number of aromatic nitrogens is 1. The van der Waals surface area contributed by atoms with Gasteiger partial charge in [-0.2, -0.15) is 0 Å². The molecule has 6 heteroatoms. The third kappa shape index (κ3) is 3.79. The summed E-state index contributed by atoms with van der Waals surface area (Å²) in [6, 6.07) is 60.6. The Morgan fingerprint density at radius 3 is 2.18 bits per heavy atom. The Labute approximate surface area is 332 Å². The van der Waals surface area contributed by atoms with E-state index in [2.05, 4.69) is 179 Å². The highest BCUT2D eigenvalue weighted by Crippen LogP contribution is 2.54. The minimum Gasteiger partial charge on any atom is -0.456 e. The number of nitrogens with zero attached hydrogens (tertiary/aromatic N) is 3. The summed E-state index contributed by atoms with van der Waals surface area (Å²) in [7, 11) is 0. The molecule has 0 N–H and O–H groups in total. The molecular weight excluding hydrogens is 713 g/mol. The molecule has 0 bridgehead atoms. The van der Waals surface area contributed by atoms with Crippen molar-refractivity contribution in [3.8, 4) is 16.8 Å². The number of hydrogen-bond acceptors (Lipinski definition) is 4. The van der Waals surface area contributed by atoms with Gasteiger partial charge in [0.15, 0.2) is 0 Å². The Hall–Kier alpha value is -7.02. The molecule has 0 atom stereocenters. The molecular formula is C51H30BN3OS. The van der Waals surface area contributed by atoms with Gasteiger partial charge in [0, 0.05) is 53.5 Å². The lowest BCUT2D eigenvalue weighted by molar-refractivity contribution is 0.669. The van der Waals surface area contributed by atoms with Crippen molar-refractivity contribution in [2.75, 3.05) is 9.80 Å². The Balaban J connectivity index is 1.12. The van der Waals surface area contributed by atoms with Gasteiger partial charge in [0.05, 0.1) is 33.8 Å². The van der Waals surface area contributed by atoms with Crippen LogP contribution in [0.3, 0.4) is 0 Å². The van der Waals surface area contributed by atoms with Crippen molar-refractivity contribution in [3.63, 3.8) is 0 Å². The summed E-state index contributed by atoms with van der Waals surface area (Å²) in [5.41, 5.74) is 19.3. The average molecular weight is 744 g/mol. The van der Waals surface area contributed by atoms with Crippen LogP contribution in [-0.2, 0) is 0 Å². The third-order valence-corrected chi connectivity index (χ3v) is 13.9. The summed E-state index contributed by atoms with van der Waals surface area (Å²) in [4.78, 5) is 5.16. The molecule has 0 unspecified atom stereocenters. The number of furan rings is 1. The van der Waals surface area contributed by atoms with E-state index in [-0.39, 0.29) is 6.71 Å². The van der Waals surface area contributed by atoms with Crippen LogP contribution in [0.25, 0.3) is 70.6 Å². The zero-order valence-electron chi connectivity index (χ0n) is 30.8. The lowest BCUT2D eigenvalue weighted by atomic mass is 9.36. The number of anilines is 6. The van der Waals surface area contributed by atoms with Crippen LogP contribution in [0.15, 0.2) is 168 Å². The molecule has 11 aromatic rings. The van der Waals surface area contributed by atoms with Gasteiger partial charge >= 0.3 is 0 Å². The highest BCUT2D eigenvalue weighted by atomic mass is 32.1. The van der Waals surface area contributed by atoms with E-state index < -0.39 is 0 Å². The molecule has 264 valence electrons. The number of fused-ring (bicyclic) bond motifs is 14. The molecule has 3 aliphatic heterocycles. The lowest BCUT2D eigenvalue weighted by Gasteiger charge is -2.45. The highest BCUT2D eigenvalue weighted by Gasteiger charge is 2.47. The van der Waals surface area contributed by atoms with E-state index in [4.69, 9.17) is 4.42 Å². The topological polar surface area (TPSA) is 24.6 Å². The van der Waals surface area contributed by atoms with Gasteiger partial charge in [-0.3, -0.25) is 0 Å². The van der Waals surface area contributed by atoms with Crippen LogP contribution >= 0.6 is 11.3 Å². The molecule has 0 radical (unpaired) electrons. The molecule has 0 spiro atoms. The highest BCUT2D eigenvalue weighted by molar-refractivity contribution is 7.33. The molecule has 57 heavy (non-hydrogen) atoms. The first-order valence-electron chi connectivity index (χ1n) is 19.6. The maximum atomic E-state index is 6.37. The first kappa shape index (κ1) is 30.2. The summed E-state index contributed by atoms with van der Waals surface area (Å²) in [6.45, 7) is 2.31. The molecule has 14 rings (SSSR count). The maximum absolute atomic E-state index is 6.37. The SMILES string of the molecule is Cc1cc2c3c(c1)N1c4c(cccc4-n4c5ccccc5c5cccc1c54)B3c1sc3ccc(-c4ccccc4)cc3c1N2c1ccc2oc3ccccc3c2c1. The summed E-state index contributed by atoms with van der Waals surface area (Å²) >= 11 is 1.95.